The summed E-state index contributed by atoms with van der Waals surface area (Å²) >= 11 is 1.30. The highest BCUT2D eigenvalue weighted by atomic mass is 32.1. The molecule has 0 fully saturated rings. The van der Waals surface area contributed by atoms with E-state index in [2.05, 4.69) is 10.4 Å². The Labute approximate surface area is 176 Å². The van der Waals surface area contributed by atoms with Gasteiger partial charge in [-0.05, 0) is 55.1 Å². The maximum atomic E-state index is 13.5. The summed E-state index contributed by atoms with van der Waals surface area (Å²) in [5.41, 5.74) is 2.55. The van der Waals surface area contributed by atoms with Crippen LogP contribution in [-0.4, -0.2) is 15.7 Å². The summed E-state index contributed by atoms with van der Waals surface area (Å²) in [5.74, 6) is -0.502. The van der Waals surface area contributed by atoms with Crippen molar-refractivity contribution >= 4 is 23.1 Å². The summed E-state index contributed by atoms with van der Waals surface area (Å²) < 4.78 is 14.9. The van der Waals surface area contributed by atoms with E-state index in [1.54, 1.807) is 36.6 Å². The van der Waals surface area contributed by atoms with Crippen LogP contribution in [0.25, 0.3) is 16.8 Å². The number of carbonyl (C=O) groups excluding carboxylic acids is 1. The highest BCUT2D eigenvalue weighted by molar-refractivity contribution is 7.12. The van der Waals surface area contributed by atoms with Gasteiger partial charge in [-0.1, -0.05) is 35.9 Å². The van der Waals surface area contributed by atoms with E-state index >= 15 is 0 Å². The van der Waals surface area contributed by atoms with Crippen LogP contribution in [0.1, 0.15) is 20.9 Å². The largest absolute Gasteiger partial charge is 0.305 e. The fourth-order valence-electron chi connectivity index (χ4n) is 3.09. The Hall–Kier alpha value is -3.58. The van der Waals surface area contributed by atoms with E-state index in [1.165, 1.54) is 28.2 Å². The van der Waals surface area contributed by atoms with Crippen LogP contribution in [0.15, 0.2) is 70.8 Å². The zero-order valence-electron chi connectivity index (χ0n) is 16.3. The average molecular weight is 419 g/mol. The Morgan fingerprint density at radius 1 is 1.03 bits per heavy atom. The van der Waals surface area contributed by atoms with Crippen molar-refractivity contribution in [2.45, 2.75) is 13.8 Å². The molecule has 7 heteroatoms. The quantitative estimate of drug-likeness (QED) is 0.508. The Balaban J connectivity index is 1.97. The van der Waals surface area contributed by atoms with Crippen molar-refractivity contribution in [3.63, 3.8) is 0 Å². The third kappa shape index (κ3) is 3.79. The van der Waals surface area contributed by atoms with Crippen LogP contribution in [0.3, 0.4) is 0 Å². The van der Waals surface area contributed by atoms with E-state index in [4.69, 9.17) is 0 Å². The van der Waals surface area contributed by atoms with Crippen molar-refractivity contribution in [3.8, 4) is 16.8 Å². The number of aryl methyl sites for hydroxylation is 2. The Bertz CT molecular complexity index is 1260. The van der Waals surface area contributed by atoms with Gasteiger partial charge in [-0.3, -0.25) is 9.59 Å². The van der Waals surface area contributed by atoms with Gasteiger partial charge in [-0.15, -0.1) is 11.3 Å². The molecule has 150 valence electrons. The Morgan fingerprint density at radius 2 is 1.73 bits per heavy atom. The van der Waals surface area contributed by atoms with E-state index in [1.807, 2.05) is 31.2 Å². The number of hydrogen-bond donors (Lipinski definition) is 1. The zero-order chi connectivity index (χ0) is 21.3. The molecule has 0 atom stereocenters. The lowest BCUT2D eigenvalue weighted by atomic mass is 10.0. The lowest BCUT2D eigenvalue weighted by Gasteiger charge is -2.18. The molecule has 2 heterocycles. The lowest BCUT2D eigenvalue weighted by molar-refractivity contribution is 0.102. The van der Waals surface area contributed by atoms with Gasteiger partial charge in [-0.2, -0.15) is 5.10 Å². The number of aromatic nitrogens is 2. The molecule has 30 heavy (non-hydrogen) atoms. The molecule has 0 radical (unpaired) electrons. The third-order valence-corrected chi connectivity index (χ3v) is 5.51. The molecule has 0 aliphatic heterocycles. The molecule has 0 bridgehead atoms. The molecule has 0 aliphatic rings. The first-order valence-electron chi connectivity index (χ1n) is 9.26. The molecule has 0 saturated carbocycles. The number of nitrogens with zero attached hydrogens (tertiary/aromatic N) is 2. The van der Waals surface area contributed by atoms with Crippen molar-refractivity contribution in [3.05, 3.63) is 98.2 Å². The van der Waals surface area contributed by atoms with Gasteiger partial charge in [0.15, 0.2) is 0 Å². The topological polar surface area (TPSA) is 64.0 Å². The van der Waals surface area contributed by atoms with Gasteiger partial charge in [0.2, 0.25) is 5.43 Å². The number of carbonyl (C=O) groups is 1. The second-order valence-corrected chi connectivity index (χ2v) is 7.77. The predicted molar refractivity (Wildman–Crippen MR) is 117 cm³/mol. The van der Waals surface area contributed by atoms with Crippen LogP contribution in [0.5, 0.6) is 0 Å². The standard InChI is InChI=1S/C23H18FN3O2S/c1-14-5-7-16(8-6-14)20-21(28)15(2)26-27(18-11-9-17(24)10-12-18)22(20)25-23(29)19-4-3-13-30-19/h3-13H,1-2H3,(H,25,29). The van der Waals surface area contributed by atoms with Gasteiger partial charge < -0.3 is 5.32 Å². The second kappa shape index (κ2) is 8.04. The van der Waals surface area contributed by atoms with Crippen molar-refractivity contribution in [2.75, 3.05) is 5.32 Å². The summed E-state index contributed by atoms with van der Waals surface area (Å²) in [6.45, 7) is 3.57. The van der Waals surface area contributed by atoms with Crippen molar-refractivity contribution in [2.24, 2.45) is 0 Å². The molecule has 1 N–H and O–H groups in total. The van der Waals surface area contributed by atoms with Crippen molar-refractivity contribution in [1.29, 1.82) is 0 Å². The predicted octanol–water partition coefficient (Wildman–Crippen LogP) is 4.97. The number of thiophene rings is 1. The molecule has 0 spiro atoms. The molecule has 4 rings (SSSR count). The van der Waals surface area contributed by atoms with Crippen LogP contribution in [0, 0.1) is 19.7 Å². The van der Waals surface area contributed by atoms with Crippen LogP contribution in [0.2, 0.25) is 0 Å². The van der Waals surface area contributed by atoms with Crippen LogP contribution in [-0.2, 0) is 0 Å². The number of rotatable bonds is 4. The summed E-state index contributed by atoms with van der Waals surface area (Å²) in [6.07, 6.45) is 0. The fraction of sp³-hybridized carbons (Fsp3) is 0.0870. The minimum Gasteiger partial charge on any atom is -0.305 e. The van der Waals surface area contributed by atoms with E-state index in [9.17, 15) is 14.0 Å². The van der Waals surface area contributed by atoms with Gasteiger partial charge in [-0.25, -0.2) is 9.07 Å². The van der Waals surface area contributed by atoms with E-state index in [0.29, 0.717) is 21.7 Å². The van der Waals surface area contributed by atoms with Gasteiger partial charge in [0.1, 0.15) is 17.3 Å². The Kier molecular flexibility index (Phi) is 5.29. The lowest BCUT2D eigenvalue weighted by Crippen LogP contribution is -2.24. The molecule has 0 aliphatic carbocycles. The summed E-state index contributed by atoms with van der Waals surface area (Å²) in [4.78, 5) is 26.4. The first kappa shape index (κ1) is 19.7. The highest BCUT2D eigenvalue weighted by Gasteiger charge is 2.21. The second-order valence-electron chi connectivity index (χ2n) is 6.82. The highest BCUT2D eigenvalue weighted by Crippen LogP contribution is 2.28. The summed E-state index contributed by atoms with van der Waals surface area (Å²) in [5, 5.41) is 9.04. The molecule has 2 aromatic heterocycles. The normalized spacial score (nSPS) is 10.8. The number of benzene rings is 2. The zero-order valence-corrected chi connectivity index (χ0v) is 17.2. The van der Waals surface area contributed by atoms with Crippen LogP contribution >= 0.6 is 11.3 Å². The fourth-order valence-corrected chi connectivity index (χ4v) is 3.71. The monoisotopic (exact) mass is 419 g/mol. The van der Waals surface area contributed by atoms with Gasteiger partial charge in [0.25, 0.3) is 5.91 Å². The maximum absolute atomic E-state index is 13.5. The molecule has 5 nitrogen and oxygen atoms in total. The Morgan fingerprint density at radius 3 is 2.37 bits per heavy atom. The number of anilines is 1. The number of halogens is 1. The molecular weight excluding hydrogens is 401 g/mol. The minimum absolute atomic E-state index is 0.236. The van der Waals surface area contributed by atoms with E-state index in [0.717, 1.165) is 5.56 Å². The smallest absolute Gasteiger partial charge is 0.266 e. The molecular formula is C23H18FN3O2S. The molecule has 0 unspecified atom stereocenters. The van der Waals surface area contributed by atoms with Crippen LogP contribution < -0.4 is 10.7 Å². The summed E-state index contributed by atoms with van der Waals surface area (Å²) in [6, 6.07) is 16.7. The third-order valence-electron chi connectivity index (χ3n) is 4.64. The molecule has 0 saturated heterocycles. The van der Waals surface area contributed by atoms with E-state index < -0.39 is 0 Å². The van der Waals surface area contributed by atoms with Crippen molar-refractivity contribution in [1.82, 2.24) is 9.78 Å². The van der Waals surface area contributed by atoms with Gasteiger partial charge in [0, 0.05) is 0 Å². The first-order valence-corrected chi connectivity index (χ1v) is 10.1. The molecule has 4 aromatic rings. The van der Waals surface area contributed by atoms with Gasteiger partial charge in [0.05, 0.1) is 16.1 Å². The average Bonchev–Trinajstić information content (AvgIpc) is 3.28. The van der Waals surface area contributed by atoms with E-state index in [-0.39, 0.29) is 28.7 Å². The van der Waals surface area contributed by atoms with Crippen LogP contribution in [0.4, 0.5) is 10.2 Å². The maximum Gasteiger partial charge on any atom is 0.266 e. The molecule has 2 aromatic carbocycles. The van der Waals surface area contributed by atoms with Gasteiger partial charge >= 0.3 is 0 Å². The number of amides is 1. The summed E-state index contributed by atoms with van der Waals surface area (Å²) in [7, 11) is 0. The molecule has 1 amide bonds. The number of hydrogen-bond acceptors (Lipinski definition) is 4. The minimum atomic E-state index is -0.389. The van der Waals surface area contributed by atoms with Crippen molar-refractivity contribution < 1.29 is 9.18 Å². The SMILES string of the molecule is Cc1ccc(-c2c(NC(=O)c3cccs3)n(-c3ccc(F)cc3)nc(C)c2=O)cc1. The number of nitrogens with one attached hydrogen (secondary N) is 1. The first-order chi connectivity index (χ1) is 14.4.